The molecule has 3 aromatic carbocycles. The number of aromatic nitrogens is 1. The highest BCUT2D eigenvalue weighted by molar-refractivity contribution is 6.00. The fraction of sp³-hybridized carbons (Fsp3) is 0.214. The smallest absolute Gasteiger partial charge is 0.167 e. The summed E-state index contributed by atoms with van der Waals surface area (Å²) in [6, 6.07) is 24.4. The molecule has 4 aromatic rings. The van der Waals surface area contributed by atoms with E-state index < -0.39 is 0 Å². The molecule has 0 bridgehead atoms. The SMILES string of the molecule is CC(C)(C)C(c1ccccc1)c1cc(OCc2ccc3c(F)cccc3n2)ccc1/C(=N/N)NN. The number of hydrogen-bond acceptors (Lipinski definition) is 5. The number of nitrogens with one attached hydrogen (secondary N) is 1. The predicted octanol–water partition coefficient (Wildman–Crippen LogP) is 5.21. The summed E-state index contributed by atoms with van der Waals surface area (Å²) in [5, 5.41) is 4.34. The van der Waals surface area contributed by atoms with Gasteiger partial charge in [-0.2, -0.15) is 5.10 Å². The number of fused-ring (bicyclic) bond motifs is 1. The monoisotopic (exact) mass is 471 g/mol. The van der Waals surface area contributed by atoms with Crippen LogP contribution in [0.4, 0.5) is 4.39 Å². The van der Waals surface area contributed by atoms with Crippen LogP contribution in [0, 0.1) is 11.2 Å². The van der Waals surface area contributed by atoms with Gasteiger partial charge in [0.25, 0.3) is 0 Å². The van der Waals surface area contributed by atoms with Gasteiger partial charge in [0.05, 0.1) is 11.2 Å². The number of pyridine rings is 1. The van der Waals surface area contributed by atoms with Gasteiger partial charge in [0.15, 0.2) is 5.84 Å². The highest BCUT2D eigenvalue weighted by atomic mass is 19.1. The normalized spacial score (nSPS) is 13.0. The van der Waals surface area contributed by atoms with Gasteiger partial charge in [-0.25, -0.2) is 15.2 Å². The molecule has 0 amide bonds. The Morgan fingerprint density at radius 1 is 1.03 bits per heavy atom. The zero-order valence-electron chi connectivity index (χ0n) is 20.1. The van der Waals surface area contributed by atoms with Crippen molar-refractivity contribution in [2.24, 2.45) is 22.2 Å². The fourth-order valence-corrected chi connectivity index (χ4v) is 4.46. The van der Waals surface area contributed by atoms with Crippen molar-refractivity contribution >= 4 is 16.7 Å². The molecule has 0 aliphatic carbocycles. The number of amidine groups is 1. The van der Waals surface area contributed by atoms with Crippen molar-refractivity contribution in [3.8, 4) is 5.75 Å². The summed E-state index contributed by atoms with van der Waals surface area (Å²) in [7, 11) is 0. The van der Waals surface area contributed by atoms with Gasteiger partial charge >= 0.3 is 0 Å². The molecular formula is C28H30FN5O. The molecule has 35 heavy (non-hydrogen) atoms. The van der Waals surface area contributed by atoms with Gasteiger partial charge < -0.3 is 16.0 Å². The van der Waals surface area contributed by atoms with Gasteiger partial charge in [-0.3, -0.25) is 0 Å². The number of rotatable bonds is 6. The second-order valence-corrected chi connectivity index (χ2v) is 9.48. The van der Waals surface area contributed by atoms with Crippen LogP contribution in [0.5, 0.6) is 5.75 Å². The zero-order valence-corrected chi connectivity index (χ0v) is 20.1. The quantitative estimate of drug-likeness (QED) is 0.155. The Hall–Kier alpha value is -3.97. The van der Waals surface area contributed by atoms with E-state index in [1.807, 2.05) is 36.4 Å². The summed E-state index contributed by atoms with van der Waals surface area (Å²) in [5.74, 6) is 12.1. The highest BCUT2D eigenvalue weighted by Gasteiger charge is 2.31. The van der Waals surface area contributed by atoms with Crippen LogP contribution in [-0.2, 0) is 6.61 Å². The minimum Gasteiger partial charge on any atom is -0.487 e. The Kier molecular flexibility index (Phi) is 6.98. The number of benzene rings is 3. The average Bonchev–Trinajstić information content (AvgIpc) is 2.84. The largest absolute Gasteiger partial charge is 0.487 e. The number of ether oxygens (including phenoxy) is 1. The van der Waals surface area contributed by atoms with E-state index in [0.29, 0.717) is 28.2 Å². The molecule has 0 saturated heterocycles. The summed E-state index contributed by atoms with van der Waals surface area (Å²) >= 11 is 0. The molecule has 0 spiro atoms. The van der Waals surface area contributed by atoms with E-state index in [0.717, 1.165) is 16.7 Å². The van der Waals surface area contributed by atoms with Crippen LogP contribution in [0.1, 0.15) is 49.1 Å². The van der Waals surface area contributed by atoms with Crippen LogP contribution in [-0.4, -0.2) is 10.8 Å². The van der Waals surface area contributed by atoms with Gasteiger partial charge in [0.1, 0.15) is 18.2 Å². The minimum absolute atomic E-state index is 0.00844. The molecule has 1 unspecified atom stereocenters. The summed E-state index contributed by atoms with van der Waals surface area (Å²) in [5.41, 5.74) is 6.71. The van der Waals surface area contributed by atoms with E-state index in [4.69, 9.17) is 16.4 Å². The second kappa shape index (κ2) is 10.1. The number of halogens is 1. The lowest BCUT2D eigenvalue weighted by Gasteiger charge is -2.33. The predicted molar refractivity (Wildman–Crippen MR) is 138 cm³/mol. The lowest BCUT2D eigenvalue weighted by Crippen LogP contribution is -2.34. The molecule has 6 nitrogen and oxygen atoms in total. The van der Waals surface area contributed by atoms with Crippen molar-refractivity contribution in [2.75, 3.05) is 0 Å². The van der Waals surface area contributed by atoms with Gasteiger partial charge in [-0.05, 0) is 59.0 Å². The van der Waals surface area contributed by atoms with Crippen LogP contribution in [0.15, 0.2) is 84.0 Å². The van der Waals surface area contributed by atoms with Crippen molar-refractivity contribution in [1.82, 2.24) is 10.4 Å². The molecule has 5 N–H and O–H groups in total. The molecule has 0 aliphatic rings. The van der Waals surface area contributed by atoms with Crippen LogP contribution in [0.3, 0.4) is 0 Å². The molecule has 0 radical (unpaired) electrons. The van der Waals surface area contributed by atoms with Crippen molar-refractivity contribution in [3.05, 3.63) is 107 Å². The molecule has 0 saturated carbocycles. The minimum atomic E-state index is -0.289. The number of hydrazine groups is 1. The topological polar surface area (TPSA) is 98.5 Å². The summed E-state index contributed by atoms with van der Waals surface area (Å²) in [4.78, 5) is 4.54. The van der Waals surface area contributed by atoms with Crippen molar-refractivity contribution in [1.29, 1.82) is 0 Å². The Labute approximate surface area is 204 Å². The average molecular weight is 472 g/mol. The molecule has 180 valence electrons. The number of hydrazone groups is 1. The van der Waals surface area contributed by atoms with Gasteiger partial charge in [-0.1, -0.05) is 57.2 Å². The maximum atomic E-state index is 14.0. The molecule has 0 aliphatic heterocycles. The van der Waals surface area contributed by atoms with Gasteiger partial charge in [0, 0.05) is 16.9 Å². The van der Waals surface area contributed by atoms with Crippen molar-refractivity contribution in [2.45, 2.75) is 33.3 Å². The third-order valence-electron chi connectivity index (χ3n) is 5.98. The van der Waals surface area contributed by atoms with Crippen molar-refractivity contribution < 1.29 is 9.13 Å². The number of nitrogens with zero attached hydrogens (tertiary/aromatic N) is 2. The Morgan fingerprint density at radius 2 is 1.80 bits per heavy atom. The molecule has 1 atom stereocenters. The first-order chi connectivity index (χ1) is 16.8. The maximum Gasteiger partial charge on any atom is 0.167 e. The third kappa shape index (κ3) is 5.25. The van der Waals surface area contributed by atoms with E-state index in [1.165, 1.54) is 6.07 Å². The Bertz CT molecular complexity index is 1350. The second-order valence-electron chi connectivity index (χ2n) is 9.48. The number of nitrogens with two attached hydrogens (primary N) is 2. The third-order valence-corrected chi connectivity index (χ3v) is 5.98. The van der Waals surface area contributed by atoms with Gasteiger partial charge in [0.2, 0.25) is 0 Å². The molecule has 0 fully saturated rings. The summed E-state index contributed by atoms with van der Waals surface area (Å²) in [6.07, 6.45) is 0. The van der Waals surface area contributed by atoms with Crippen LogP contribution < -0.4 is 21.8 Å². The summed E-state index contributed by atoms with van der Waals surface area (Å²) < 4.78 is 20.1. The lowest BCUT2D eigenvalue weighted by molar-refractivity contribution is 0.300. The zero-order chi connectivity index (χ0) is 25.0. The Balaban J connectivity index is 1.72. The first kappa shape index (κ1) is 24.2. The van der Waals surface area contributed by atoms with Crippen LogP contribution in [0.25, 0.3) is 10.9 Å². The first-order valence-corrected chi connectivity index (χ1v) is 11.4. The molecular weight excluding hydrogens is 441 g/mol. The summed E-state index contributed by atoms with van der Waals surface area (Å²) in [6.45, 7) is 6.81. The maximum absolute atomic E-state index is 14.0. The molecule has 4 rings (SSSR count). The molecule has 1 aromatic heterocycles. The van der Waals surface area contributed by atoms with Gasteiger partial charge in [-0.15, -0.1) is 0 Å². The van der Waals surface area contributed by atoms with E-state index in [1.54, 1.807) is 24.3 Å². The van der Waals surface area contributed by atoms with E-state index in [-0.39, 0.29) is 23.8 Å². The first-order valence-electron chi connectivity index (χ1n) is 11.4. The highest BCUT2D eigenvalue weighted by Crippen LogP contribution is 2.43. The number of hydrogen-bond donors (Lipinski definition) is 3. The van der Waals surface area contributed by atoms with E-state index in [2.05, 4.69) is 48.4 Å². The van der Waals surface area contributed by atoms with Crippen molar-refractivity contribution in [3.63, 3.8) is 0 Å². The standard InChI is InChI=1S/C28H30FN5O/c1-28(2,3)26(18-8-5-4-6-9-18)23-16-20(13-15-21(23)27(33-30)34-31)35-17-19-12-14-22-24(29)10-7-11-25(22)32-19/h4-16,26H,17,30-31H2,1-3H3,(H,33,34). The lowest BCUT2D eigenvalue weighted by atomic mass is 9.71. The fourth-order valence-electron chi connectivity index (χ4n) is 4.46. The Morgan fingerprint density at radius 3 is 2.49 bits per heavy atom. The molecule has 7 heteroatoms. The molecule has 1 heterocycles. The van der Waals surface area contributed by atoms with E-state index >= 15 is 0 Å². The van der Waals surface area contributed by atoms with Crippen LogP contribution in [0.2, 0.25) is 0 Å². The van der Waals surface area contributed by atoms with E-state index in [9.17, 15) is 4.39 Å². The van der Waals surface area contributed by atoms with Crippen LogP contribution >= 0.6 is 0 Å².